The van der Waals surface area contributed by atoms with Crippen LogP contribution in [0.4, 0.5) is 5.69 Å². The van der Waals surface area contributed by atoms with Crippen molar-refractivity contribution in [2.24, 2.45) is 0 Å². The molecule has 0 aliphatic heterocycles. The highest BCUT2D eigenvalue weighted by molar-refractivity contribution is 5.78. The van der Waals surface area contributed by atoms with Gasteiger partial charge in [-0.2, -0.15) is 10.2 Å². The first-order valence-electron chi connectivity index (χ1n) is 6.39. The van der Waals surface area contributed by atoms with Gasteiger partial charge in [-0.25, -0.2) is 4.98 Å². The average molecular weight is 279 g/mol. The number of ether oxygens (including phenoxy) is 1. The van der Waals surface area contributed by atoms with Gasteiger partial charge in [0.1, 0.15) is 11.6 Å². The van der Waals surface area contributed by atoms with Gasteiger partial charge in [0.25, 0.3) is 0 Å². The Kier molecular flexibility index (Phi) is 3.16. The van der Waals surface area contributed by atoms with E-state index in [1.807, 2.05) is 28.8 Å². The number of methoxy groups -OCH3 is 1. The summed E-state index contributed by atoms with van der Waals surface area (Å²) < 4.78 is 7.01. The third kappa shape index (κ3) is 2.15. The first-order chi connectivity index (χ1) is 10.2. The molecule has 0 amide bonds. The summed E-state index contributed by atoms with van der Waals surface area (Å²) in [5.74, 6) is 1.62. The molecule has 104 valence electrons. The molecule has 21 heavy (non-hydrogen) atoms. The van der Waals surface area contributed by atoms with E-state index in [9.17, 15) is 0 Å². The van der Waals surface area contributed by atoms with E-state index in [-0.39, 0.29) is 6.42 Å². The lowest BCUT2D eigenvalue weighted by molar-refractivity contribution is 0.400. The molecule has 2 heterocycles. The lowest BCUT2D eigenvalue weighted by Crippen LogP contribution is -2.05. The Labute approximate surface area is 121 Å². The van der Waals surface area contributed by atoms with E-state index in [0.717, 1.165) is 11.0 Å². The standard InChI is InChI=1S/C15H13N5O/c1-21-15-10(17)6-7-13(19-15)20-12-5-3-2-4-11(12)18-14(20)8-9-16/h2-7H,8,17H2,1H3. The van der Waals surface area contributed by atoms with Gasteiger partial charge >= 0.3 is 0 Å². The molecule has 6 heteroatoms. The third-order valence-electron chi connectivity index (χ3n) is 3.16. The Morgan fingerprint density at radius 1 is 1.24 bits per heavy atom. The summed E-state index contributed by atoms with van der Waals surface area (Å²) in [4.78, 5) is 8.88. The number of rotatable bonds is 3. The highest BCUT2D eigenvalue weighted by Crippen LogP contribution is 2.24. The fourth-order valence-electron chi connectivity index (χ4n) is 2.25. The summed E-state index contributed by atoms with van der Waals surface area (Å²) >= 11 is 0. The zero-order chi connectivity index (χ0) is 14.8. The van der Waals surface area contributed by atoms with Crippen LogP contribution in [0.5, 0.6) is 5.88 Å². The number of hydrogen-bond acceptors (Lipinski definition) is 5. The molecule has 0 saturated carbocycles. The molecule has 1 aromatic carbocycles. The number of aromatic nitrogens is 3. The summed E-state index contributed by atoms with van der Waals surface area (Å²) in [5.41, 5.74) is 7.97. The zero-order valence-electron chi connectivity index (χ0n) is 11.4. The van der Waals surface area contributed by atoms with Crippen molar-refractivity contribution in [3.05, 3.63) is 42.2 Å². The number of imidazole rings is 1. The Morgan fingerprint density at radius 2 is 2.05 bits per heavy atom. The minimum atomic E-state index is 0.197. The van der Waals surface area contributed by atoms with Crippen molar-refractivity contribution in [3.8, 4) is 17.8 Å². The van der Waals surface area contributed by atoms with Crippen molar-refractivity contribution in [1.29, 1.82) is 5.26 Å². The molecule has 2 aromatic heterocycles. The number of nitriles is 1. The summed E-state index contributed by atoms with van der Waals surface area (Å²) in [7, 11) is 1.52. The number of fused-ring (bicyclic) bond motifs is 1. The van der Waals surface area contributed by atoms with Gasteiger partial charge in [0.2, 0.25) is 5.88 Å². The van der Waals surface area contributed by atoms with E-state index >= 15 is 0 Å². The second kappa shape index (κ2) is 5.13. The first-order valence-corrected chi connectivity index (χ1v) is 6.39. The highest BCUT2D eigenvalue weighted by atomic mass is 16.5. The van der Waals surface area contributed by atoms with E-state index < -0.39 is 0 Å². The second-order valence-electron chi connectivity index (χ2n) is 4.46. The second-order valence-corrected chi connectivity index (χ2v) is 4.46. The molecule has 0 spiro atoms. The van der Waals surface area contributed by atoms with Crippen LogP contribution in [0.15, 0.2) is 36.4 Å². The minimum absolute atomic E-state index is 0.197. The summed E-state index contributed by atoms with van der Waals surface area (Å²) in [5, 5.41) is 8.99. The van der Waals surface area contributed by atoms with Gasteiger partial charge in [-0.1, -0.05) is 12.1 Å². The van der Waals surface area contributed by atoms with Crippen molar-refractivity contribution < 1.29 is 4.74 Å². The van der Waals surface area contributed by atoms with Gasteiger partial charge in [-0.15, -0.1) is 0 Å². The number of para-hydroxylation sites is 2. The molecular formula is C15H13N5O. The van der Waals surface area contributed by atoms with Crippen molar-refractivity contribution in [1.82, 2.24) is 14.5 Å². The Hall–Kier alpha value is -3.07. The van der Waals surface area contributed by atoms with Gasteiger partial charge in [-0.05, 0) is 24.3 Å². The molecule has 6 nitrogen and oxygen atoms in total. The molecule has 0 radical (unpaired) electrons. The largest absolute Gasteiger partial charge is 0.479 e. The topological polar surface area (TPSA) is 89.8 Å². The van der Waals surface area contributed by atoms with Crippen molar-refractivity contribution in [3.63, 3.8) is 0 Å². The van der Waals surface area contributed by atoms with Crippen LogP contribution in [0.3, 0.4) is 0 Å². The molecule has 0 aliphatic carbocycles. The average Bonchev–Trinajstić information content (AvgIpc) is 2.86. The smallest absolute Gasteiger partial charge is 0.238 e. The number of hydrogen-bond donors (Lipinski definition) is 1. The maximum absolute atomic E-state index is 8.99. The molecule has 3 rings (SSSR count). The highest BCUT2D eigenvalue weighted by Gasteiger charge is 2.14. The molecular weight excluding hydrogens is 266 g/mol. The van der Waals surface area contributed by atoms with Crippen LogP contribution in [0.1, 0.15) is 5.82 Å². The normalized spacial score (nSPS) is 10.5. The summed E-state index contributed by atoms with van der Waals surface area (Å²) in [6.45, 7) is 0. The molecule has 3 aromatic rings. The summed E-state index contributed by atoms with van der Waals surface area (Å²) in [6, 6.07) is 13.3. The molecule has 0 bridgehead atoms. The van der Waals surface area contributed by atoms with Crippen molar-refractivity contribution >= 4 is 16.7 Å². The van der Waals surface area contributed by atoms with Gasteiger partial charge in [0.15, 0.2) is 0 Å². The van der Waals surface area contributed by atoms with Crippen LogP contribution in [-0.4, -0.2) is 21.6 Å². The Morgan fingerprint density at radius 3 is 2.81 bits per heavy atom. The van der Waals surface area contributed by atoms with Crippen LogP contribution < -0.4 is 10.5 Å². The number of nitrogens with two attached hydrogens (primary N) is 1. The first kappa shape index (κ1) is 12.9. The van der Waals surface area contributed by atoms with Crippen LogP contribution in [-0.2, 0) is 6.42 Å². The van der Waals surface area contributed by atoms with E-state index in [2.05, 4.69) is 16.0 Å². The number of nitrogens with zero attached hydrogens (tertiary/aromatic N) is 4. The van der Waals surface area contributed by atoms with Crippen LogP contribution in [0, 0.1) is 11.3 Å². The van der Waals surface area contributed by atoms with Gasteiger partial charge in [0.05, 0.1) is 36.3 Å². The number of nitrogen functional groups attached to an aromatic ring is 1. The SMILES string of the molecule is COc1nc(-n2c(CC#N)nc3ccccc32)ccc1N. The number of anilines is 1. The monoisotopic (exact) mass is 279 g/mol. The fourth-order valence-corrected chi connectivity index (χ4v) is 2.25. The van der Waals surface area contributed by atoms with E-state index in [0.29, 0.717) is 23.2 Å². The van der Waals surface area contributed by atoms with Crippen molar-refractivity contribution in [2.75, 3.05) is 12.8 Å². The van der Waals surface area contributed by atoms with E-state index in [1.165, 1.54) is 7.11 Å². The third-order valence-corrected chi connectivity index (χ3v) is 3.16. The fraction of sp³-hybridized carbons (Fsp3) is 0.133. The molecule has 0 saturated heterocycles. The Bertz CT molecular complexity index is 847. The molecule has 0 unspecified atom stereocenters. The zero-order valence-corrected chi connectivity index (χ0v) is 11.4. The maximum atomic E-state index is 8.99. The quantitative estimate of drug-likeness (QED) is 0.792. The van der Waals surface area contributed by atoms with Crippen LogP contribution >= 0.6 is 0 Å². The number of pyridine rings is 1. The molecule has 0 aliphatic rings. The van der Waals surface area contributed by atoms with E-state index in [4.69, 9.17) is 15.7 Å². The molecule has 2 N–H and O–H groups in total. The van der Waals surface area contributed by atoms with Gasteiger partial charge in [0, 0.05) is 0 Å². The minimum Gasteiger partial charge on any atom is -0.479 e. The van der Waals surface area contributed by atoms with Gasteiger partial charge in [-0.3, -0.25) is 4.57 Å². The lowest BCUT2D eigenvalue weighted by atomic mass is 10.3. The Balaban J connectivity index is 2.28. The summed E-state index contributed by atoms with van der Waals surface area (Å²) in [6.07, 6.45) is 0.197. The van der Waals surface area contributed by atoms with Crippen LogP contribution in [0.25, 0.3) is 16.9 Å². The number of benzene rings is 1. The molecule has 0 fully saturated rings. The lowest BCUT2D eigenvalue weighted by Gasteiger charge is -2.09. The van der Waals surface area contributed by atoms with Crippen LogP contribution in [0.2, 0.25) is 0 Å². The van der Waals surface area contributed by atoms with E-state index in [1.54, 1.807) is 12.1 Å². The molecule has 0 atom stereocenters. The predicted molar refractivity (Wildman–Crippen MR) is 79.1 cm³/mol. The predicted octanol–water partition coefficient (Wildman–Crippen LogP) is 2.08. The van der Waals surface area contributed by atoms with Gasteiger partial charge < -0.3 is 10.5 Å². The maximum Gasteiger partial charge on any atom is 0.238 e. The van der Waals surface area contributed by atoms with Crippen molar-refractivity contribution in [2.45, 2.75) is 6.42 Å².